The molecule has 0 saturated carbocycles. The van der Waals surface area contributed by atoms with Crippen LogP contribution in [0.1, 0.15) is 53.7 Å². The lowest BCUT2D eigenvalue weighted by molar-refractivity contribution is -0.126. The van der Waals surface area contributed by atoms with E-state index in [1.807, 2.05) is 79.7 Å². The molecule has 0 aliphatic carbocycles. The van der Waals surface area contributed by atoms with E-state index in [0.717, 1.165) is 22.4 Å². The van der Waals surface area contributed by atoms with Gasteiger partial charge in [-0.05, 0) is 47.7 Å². The van der Waals surface area contributed by atoms with Crippen LogP contribution in [0.2, 0.25) is 0 Å². The first-order valence-corrected chi connectivity index (χ1v) is 10.7. The second kappa shape index (κ2) is 8.38. The van der Waals surface area contributed by atoms with Gasteiger partial charge in [0.2, 0.25) is 5.91 Å². The highest BCUT2D eigenvalue weighted by Gasteiger charge is 2.47. The number of amides is 2. The molecule has 0 bridgehead atoms. The maximum atomic E-state index is 13.6. The Morgan fingerprint density at radius 2 is 1.71 bits per heavy atom. The first kappa shape index (κ1) is 20.9. The maximum Gasteiger partial charge on any atom is 0.259 e. The summed E-state index contributed by atoms with van der Waals surface area (Å²) >= 11 is 0. The maximum absolute atomic E-state index is 13.6. The van der Waals surface area contributed by atoms with Gasteiger partial charge < -0.3 is 5.32 Å². The Kier molecular flexibility index (Phi) is 5.64. The van der Waals surface area contributed by atoms with Crippen molar-refractivity contribution in [3.05, 3.63) is 101 Å². The van der Waals surface area contributed by atoms with Crippen LogP contribution >= 0.6 is 0 Å². The second-order valence-electron chi connectivity index (χ2n) is 8.67. The van der Waals surface area contributed by atoms with Gasteiger partial charge in [0.1, 0.15) is 5.54 Å². The third kappa shape index (κ3) is 3.98. The molecule has 3 aromatic carbocycles. The van der Waals surface area contributed by atoms with E-state index in [0.29, 0.717) is 24.4 Å². The molecule has 1 aliphatic rings. The first-order valence-electron chi connectivity index (χ1n) is 10.7. The van der Waals surface area contributed by atoms with Gasteiger partial charge in [0.05, 0.1) is 0 Å². The van der Waals surface area contributed by atoms with Gasteiger partial charge in [0, 0.05) is 24.2 Å². The zero-order valence-electron chi connectivity index (χ0n) is 18.3. The number of fused-ring (bicyclic) bond motifs is 1. The van der Waals surface area contributed by atoms with Gasteiger partial charge in [-0.15, -0.1) is 0 Å². The predicted molar refractivity (Wildman–Crippen MR) is 124 cm³/mol. The summed E-state index contributed by atoms with van der Waals surface area (Å²) in [7, 11) is 0. The molecule has 0 aromatic heterocycles. The van der Waals surface area contributed by atoms with Gasteiger partial charge in [-0.3, -0.25) is 14.5 Å². The predicted octanol–water partition coefficient (Wildman–Crippen LogP) is 5.09. The van der Waals surface area contributed by atoms with Crippen LogP contribution < -0.4 is 10.2 Å². The molecule has 0 radical (unpaired) electrons. The van der Waals surface area contributed by atoms with Gasteiger partial charge in [-0.25, -0.2) is 0 Å². The smallest absolute Gasteiger partial charge is 0.259 e. The molecule has 1 heterocycles. The van der Waals surface area contributed by atoms with E-state index < -0.39 is 5.54 Å². The van der Waals surface area contributed by atoms with Crippen LogP contribution in [0.4, 0.5) is 5.69 Å². The minimum absolute atomic E-state index is 0.139. The van der Waals surface area contributed by atoms with Crippen LogP contribution in [0.25, 0.3) is 0 Å². The molecule has 1 aliphatic heterocycles. The molecule has 0 fully saturated rings. The fraction of sp³-hybridized carbons (Fsp3) is 0.259. The van der Waals surface area contributed by atoms with Crippen molar-refractivity contribution >= 4 is 17.5 Å². The number of carbonyl (C=O) groups excluding carboxylic acids is 2. The molecule has 4 nitrogen and oxygen atoms in total. The van der Waals surface area contributed by atoms with E-state index in [2.05, 4.69) is 25.2 Å². The number of nitrogens with zero attached hydrogens (tertiary/aromatic N) is 1. The van der Waals surface area contributed by atoms with Crippen LogP contribution in [-0.2, 0) is 17.8 Å². The van der Waals surface area contributed by atoms with E-state index in [4.69, 9.17) is 0 Å². The lowest BCUT2D eigenvalue weighted by atomic mass is 9.82. The summed E-state index contributed by atoms with van der Waals surface area (Å²) in [5.74, 6) is 0.0274. The minimum atomic E-state index is -1.03. The van der Waals surface area contributed by atoms with Gasteiger partial charge in [0.25, 0.3) is 5.91 Å². The molecule has 158 valence electrons. The van der Waals surface area contributed by atoms with E-state index in [1.54, 1.807) is 4.90 Å². The Morgan fingerprint density at radius 3 is 2.45 bits per heavy atom. The fourth-order valence-corrected chi connectivity index (χ4v) is 4.25. The lowest BCUT2D eigenvalue weighted by Gasteiger charge is -2.44. The van der Waals surface area contributed by atoms with Crippen molar-refractivity contribution in [1.29, 1.82) is 0 Å². The number of rotatable bonds is 5. The quantitative estimate of drug-likeness (QED) is 0.635. The van der Waals surface area contributed by atoms with E-state index in [-0.39, 0.29) is 11.8 Å². The summed E-state index contributed by atoms with van der Waals surface area (Å²) in [5, 5.41) is 3.06. The van der Waals surface area contributed by atoms with E-state index in [1.165, 1.54) is 0 Å². The summed E-state index contributed by atoms with van der Waals surface area (Å²) in [6, 6.07) is 25.4. The van der Waals surface area contributed by atoms with Crippen LogP contribution in [0.5, 0.6) is 0 Å². The Hall–Kier alpha value is -3.40. The van der Waals surface area contributed by atoms with Crippen LogP contribution in [0.15, 0.2) is 78.9 Å². The van der Waals surface area contributed by atoms with Crippen LogP contribution in [0.3, 0.4) is 0 Å². The van der Waals surface area contributed by atoms with E-state index >= 15 is 0 Å². The molecule has 2 amide bonds. The van der Waals surface area contributed by atoms with Crippen LogP contribution in [-0.4, -0.2) is 17.4 Å². The highest BCUT2D eigenvalue weighted by atomic mass is 16.2. The molecule has 1 N–H and O–H groups in total. The zero-order valence-corrected chi connectivity index (χ0v) is 18.3. The molecule has 4 heteroatoms. The van der Waals surface area contributed by atoms with Gasteiger partial charge in [-0.2, -0.15) is 0 Å². The number of benzene rings is 3. The van der Waals surface area contributed by atoms with Crippen LogP contribution in [0, 0.1) is 0 Å². The second-order valence-corrected chi connectivity index (χ2v) is 8.67. The average Bonchev–Trinajstić information content (AvgIpc) is 2.78. The van der Waals surface area contributed by atoms with Crippen molar-refractivity contribution in [2.45, 2.75) is 45.2 Å². The molecule has 0 saturated heterocycles. The Morgan fingerprint density at radius 1 is 1.00 bits per heavy atom. The third-order valence-corrected chi connectivity index (χ3v) is 6.06. The van der Waals surface area contributed by atoms with Gasteiger partial charge in [-0.1, -0.05) is 74.5 Å². The molecule has 4 rings (SSSR count). The SMILES string of the molecule is CC(C)c1cccc(N2C(=O)c3ccccc3CC2(C)C(=O)NCc2ccccc2)c1. The van der Waals surface area contributed by atoms with Gasteiger partial charge in [0.15, 0.2) is 0 Å². The van der Waals surface area contributed by atoms with Crippen molar-refractivity contribution in [3.8, 4) is 0 Å². The molecule has 1 unspecified atom stereocenters. The van der Waals surface area contributed by atoms with Crippen molar-refractivity contribution in [1.82, 2.24) is 5.32 Å². The highest BCUT2D eigenvalue weighted by Crippen LogP contribution is 2.36. The monoisotopic (exact) mass is 412 g/mol. The Balaban J connectivity index is 1.74. The summed E-state index contributed by atoms with van der Waals surface area (Å²) in [6.45, 7) is 6.53. The third-order valence-electron chi connectivity index (χ3n) is 6.06. The lowest BCUT2D eigenvalue weighted by Crippen LogP contribution is -2.63. The number of anilines is 1. The Labute approximate surface area is 183 Å². The number of hydrogen-bond acceptors (Lipinski definition) is 2. The first-order chi connectivity index (χ1) is 14.9. The van der Waals surface area contributed by atoms with Gasteiger partial charge >= 0.3 is 0 Å². The molecule has 3 aromatic rings. The fourth-order valence-electron chi connectivity index (χ4n) is 4.25. The largest absolute Gasteiger partial charge is 0.350 e. The molecular formula is C27H28N2O2. The van der Waals surface area contributed by atoms with Crippen molar-refractivity contribution in [2.75, 3.05) is 4.90 Å². The summed E-state index contributed by atoms with van der Waals surface area (Å²) in [4.78, 5) is 28.9. The highest BCUT2D eigenvalue weighted by molar-refractivity contribution is 6.14. The normalized spacial score (nSPS) is 18.1. The van der Waals surface area contributed by atoms with Crippen molar-refractivity contribution < 1.29 is 9.59 Å². The topological polar surface area (TPSA) is 49.4 Å². The number of nitrogens with one attached hydrogen (secondary N) is 1. The standard InChI is InChI=1S/C27H28N2O2/c1-19(2)21-13-9-14-23(16-21)29-25(30)24-15-8-7-12-22(24)17-27(29,3)26(31)28-18-20-10-5-4-6-11-20/h4-16,19H,17-18H2,1-3H3,(H,28,31). The summed E-state index contributed by atoms with van der Waals surface area (Å²) < 4.78 is 0. The number of carbonyl (C=O) groups is 2. The average molecular weight is 413 g/mol. The summed E-state index contributed by atoms with van der Waals surface area (Å²) in [5.41, 5.74) is 3.44. The van der Waals surface area contributed by atoms with E-state index in [9.17, 15) is 9.59 Å². The molecule has 1 atom stereocenters. The summed E-state index contributed by atoms with van der Waals surface area (Å²) in [6.07, 6.45) is 0.460. The molecule has 0 spiro atoms. The van der Waals surface area contributed by atoms with Crippen molar-refractivity contribution in [3.63, 3.8) is 0 Å². The van der Waals surface area contributed by atoms with Crippen molar-refractivity contribution in [2.24, 2.45) is 0 Å². The molecular weight excluding hydrogens is 384 g/mol. The minimum Gasteiger partial charge on any atom is -0.350 e. The number of hydrogen-bond donors (Lipinski definition) is 1. The zero-order chi connectivity index (χ0) is 22.0. The Bertz CT molecular complexity index is 1110. The molecule has 31 heavy (non-hydrogen) atoms.